The lowest BCUT2D eigenvalue weighted by Gasteiger charge is -2.32. The van der Waals surface area contributed by atoms with Gasteiger partial charge in [-0.3, -0.25) is 4.79 Å². The number of nitrogens with zero attached hydrogens (tertiary/aromatic N) is 2. The van der Waals surface area contributed by atoms with E-state index in [0.29, 0.717) is 6.54 Å². The van der Waals surface area contributed by atoms with Crippen LogP contribution in [0.1, 0.15) is 25.7 Å². The predicted octanol–water partition coefficient (Wildman–Crippen LogP) is 0.360. The number of carboxylic acid groups (broad SMARTS) is 1. The van der Waals surface area contributed by atoms with Crippen molar-refractivity contribution in [1.29, 1.82) is 0 Å². The first kappa shape index (κ1) is 13.8. The molecule has 17 heavy (non-hydrogen) atoms. The number of carboxylic acids is 1. The van der Waals surface area contributed by atoms with Crippen LogP contribution >= 0.6 is 0 Å². The van der Waals surface area contributed by atoms with Crippen molar-refractivity contribution in [3.8, 4) is 0 Å². The molecular formula is C11H20N2O4. The first-order valence-corrected chi connectivity index (χ1v) is 5.90. The standard InChI is InChI=1S/C11H20N2O4/c1-12(7-10(15)16)11(17)13-6-4-2-3-5-9(13)8-14/h9,14H,2-8H2,1H3,(H,15,16). The summed E-state index contributed by atoms with van der Waals surface area (Å²) >= 11 is 0. The lowest BCUT2D eigenvalue weighted by atomic mass is 10.1. The number of hydrogen-bond donors (Lipinski definition) is 2. The summed E-state index contributed by atoms with van der Waals surface area (Å²) in [4.78, 5) is 25.4. The zero-order chi connectivity index (χ0) is 12.8. The van der Waals surface area contributed by atoms with E-state index < -0.39 is 5.97 Å². The lowest BCUT2D eigenvalue weighted by molar-refractivity contribution is -0.137. The average molecular weight is 244 g/mol. The lowest BCUT2D eigenvalue weighted by Crippen LogP contribution is -2.49. The van der Waals surface area contributed by atoms with Crippen molar-refractivity contribution in [2.45, 2.75) is 31.7 Å². The number of aliphatic hydroxyl groups excluding tert-OH is 1. The van der Waals surface area contributed by atoms with E-state index in [1.807, 2.05) is 0 Å². The van der Waals surface area contributed by atoms with Gasteiger partial charge in [-0.05, 0) is 12.8 Å². The largest absolute Gasteiger partial charge is 0.480 e. The fourth-order valence-corrected chi connectivity index (χ4v) is 2.11. The molecule has 0 aliphatic carbocycles. The third kappa shape index (κ3) is 3.89. The minimum absolute atomic E-state index is 0.0628. The number of amides is 2. The molecule has 1 fully saturated rings. The summed E-state index contributed by atoms with van der Waals surface area (Å²) in [6.45, 7) is 0.216. The maximum absolute atomic E-state index is 12.0. The minimum atomic E-state index is -1.03. The second-order valence-electron chi connectivity index (χ2n) is 4.41. The topological polar surface area (TPSA) is 81.1 Å². The van der Waals surface area contributed by atoms with Crippen molar-refractivity contribution in [1.82, 2.24) is 9.80 Å². The molecule has 1 rings (SSSR count). The summed E-state index contributed by atoms with van der Waals surface area (Å²) in [6, 6.07) is -0.491. The molecule has 0 spiro atoms. The minimum Gasteiger partial charge on any atom is -0.480 e. The Morgan fingerprint density at radius 3 is 2.65 bits per heavy atom. The molecule has 98 valence electrons. The molecule has 0 aromatic carbocycles. The van der Waals surface area contributed by atoms with Crippen LogP contribution in [0.2, 0.25) is 0 Å². The highest BCUT2D eigenvalue weighted by Gasteiger charge is 2.27. The molecule has 2 N–H and O–H groups in total. The molecule has 1 heterocycles. The zero-order valence-electron chi connectivity index (χ0n) is 10.1. The molecule has 0 saturated carbocycles. The molecule has 0 radical (unpaired) electrons. The quantitative estimate of drug-likeness (QED) is 0.751. The number of likely N-dealkylation sites (N-methyl/N-ethyl adjacent to an activating group) is 1. The van der Waals surface area contributed by atoms with Crippen LogP contribution < -0.4 is 0 Å². The summed E-state index contributed by atoms with van der Waals surface area (Å²) in [7, 11) is 1.47. The highest BCUT2D eigenvalue weighted by molar-refractivity contribution is 5.80. The van der Waals surface area contributed by atoms with Crippen molar-refractivity contribution in [3.63, 3.8) is 0 Å². The molecule has 0 bridgehead atoms. The van der Waals surface area contributed by atoms with Gasteiger partial charge in [0.25, 0.3) is 0 Å². The molecule has 0 aromatic rings. The summed E-state index contributed by atoms with van der Waals surface area (Å²) in [6.07, 6.45) is 3.73. The van der Waals surface area contributed by atoms with Crippen molar-refractivity contribution in [2.24, 2.45) is 0 Å². The van der Waals surface area contributed by atoms with Gasteiger partial charge in [0.1, 0.15) is 6.54 Å². The number of hydrogen-bond acceptors (Lipinski definition) is 3. The van der Waals surface area contributed by atoms with Gasteiger partial charge in [-0.2, -0.15) is 0 Å². The maximum atomic E-state index is 12.0. The Morgan fingerprint density at radius 1 is 1.35 bits per heavy atom. The van der Waals surface area contributed by atoms with Crippen LogP contribution in [-0.4, -0.2) is 64.8 Å². The highest BCUT2D eigenvalue weighted by atomic mass is 16.4. The fraction of sp³-hybridized carbons (Fsp3) is 0.818. The average Bonchev–Trinajstić information content (AvgIpc) is 2.51. The van der Waals surface area contributed by atoms with E-state index >= 15 is 0 Å². The maximum Gasteiger partial charge on any atom is 0.323 e. The van der Waals surface area contributed by atoms with Gasteiger partial charge < -0.3 is 20.0 Å². The first-order chi connectivity index (χ1) is 8.06. The molecule has 1 atom stereocenters. The summed E-state index contributed by atoms with van der Waals surface area (Å²) in [5.74, 6) is -1.03. The van der Waals surface area contributed by atoms with Crippen molar-refractivity contribution < 1.29 is 19.8 Å². The van der Waals surface area contributed by atoms with Crippen LogP contribution in [0.3, 0.4) is 0 Å². The van der Waals surface area contributed by atoms with Gasteiger partial charge in [0.05, 0.1) is 12.6 Å². The van der Waals surface area contributed by atoms with Gasteiger partial charge in [-0.15, -0.1) is 0 Å². The number of aliphatic hydroxyl groups is 1. The molecule has 1 aliphatic heterocycles. The van der Waals surface area contributed by atoms with Gasteiger partial charge in [0.15, 0.2) is 0 Å². The van der Waals surface area contributed by atoms with E-state index in [1.165, 1.54) is 11.9 Å². The summed E-state index contributed by atoms with van der Waals surface area (Å²) < 4.78 is 0. The van der Waals surface area contributed by atoms with Crippen molar-refractivity contribution >= 4 is 12.0 Å². The van der Waals surface area contributed by atoms with Gasteiger partial charge in [0, 0.05) is 13.6 Å². The molecule has 0 aromatic heterocycles. The fourth-order valence-electron chi connectivity index (χ4n) is 2.11. The summed E-state index contributed by atoms with van der Waals surface area (Å²) in [5.41, 5.74) is 0. The Morgan fingerprint density at radius 2 is 2.06 bits per heavy atom. The first-order valence-electron chi connectivity index (χ1n) is 5.90. The molecule has 2 amide bonds. The second-order valence-corrected chi connectivity index (χ2v) is 4.41. The zero-order valence-corrected chi connectivity index (χ0v) is 10.1. The van der Waals surface area contributed by atoms with Crippen molar-refractivity contribution in [2.75, 3.05) is 26.7 Å². The summed E-state index contributed by atoms with van der Waals surface area (Å²) in [5, 5.41) is 17.9. The van der Waals surface area contributed by atoms with E-state index in [9.17, 15) is 14.7 Å². The van der Waals surface area contributed by atoms with Crippen LogP contribution in [0.15, 0.2) is 0 Å². The Hall–Kier alpha value is -1.30. The monoisotopic (exact) mass is 244 g/mol. The Bertz CT molecular complexity index is 283. The van der Waals surface area contributed by atoms with Crippen molar-refractivity contribution in [3.05, 3.63) is 0 Å². The van der Waals surface area contributed by atoms with E-state index in [4.69, 9.17) is 5.11 Å². The van der Waals surface area contributed by atoms with E-state index in [-0.39, 0.29) is 25.2 Å². The van der Waals surface area contributed by atoms with Crippen LogP contribution in [0.4, 0.5) is 4.79 Å². The molecule has 1 unspecified atom stereocenters. The Labute approximate surface area is 101 Å². The van der Waals surface area contributed by atoms with E-state index in [0.717, 1.165) is 25.7 Å². The van der Waals surface area contributed by atoms with E-state index in [1.54, 1.807) is 4.90 Å². The highest BCUT2D eigenvalue weighted by Crippen LogP contribution is 2.17. The van der Waals surface area contributed by atoms with Gasteiger partial charge in [-0.1, -0.05) is 12.8 Å². The molecule has 1 saturated heterocycles. The molecule has 6 nitrogen and oxygen atoms in total. The smallest absolute Gasteiger partial charge is 0.323 e. The van der Waals surface area contributed by atoms with Gasteiger partial charge in [0.2, 0.25) is 0 Å². The van der Waals surface area contributed by atoms with E-state index in [2.05, 4.69) is 0 Å². The van der Waals surface area contributed by atoms with Gasteiger partial charge in [-0.25, -0.2) is 4.79 Å². The molecule has 6 heteroatoms. The van der Waals surface area contributed by atoms with Crippen LogP contribution in [0, 0.1) is 0 Å². The van der Waals surface area contributed by atoms with Gasteiger partial charge >= 0.3 is 12.0 Å². The molecule has 1 aliphatic rings. The molecular weight excluding hydrogens is 224 g/mol. The number of rotatable bonds is 3. The van der Waals surface area contributed by atoms with Crippen LogP contribution in [0.25, 0.3) is 0 Å². The third-order valence-corrected chi connectivity index (χ3v) is 3.03. The van der Waals surface area contributed by atoms with Crippen LogP contribution in [-0.2, 0) is 4.79 Å². The number of urea groups is 1. The Kier molecular flexibility index (Phi) is 5.21. The number of likely N-dealkylation sites (tertiary alicyclic amines) is 1. The SMILES string of the molecule is CN(CC(=O)O)C(=O)N1CCCCCC1CO. The number of carbonyl (C=O) groups excluding carboxylic acids is 1. The Balaban J connectivity index is 2.66. The second kappa shape index (κ2) is 6.44. The van der Waals surface area contributed by atoms with Crippen LogP contribution in [0.5, 0.6) is 0 Å². The normalized spacial score (nSPS) is 20.8. The number of aliphatic carboxylic acids is 1. The third-order valence-electron chi connectivity index (χ3n) is 3.03. The number of carbonyl (C=O) groups is 2. The predicted molar refractivity (Wildman–Crippen MR) is 61.7 cm³/mol.